The van der Waals surface area contributed by atoms with Gasteiger partial charge in [0, 0.05) is 30.9 Å². The number of hydrogen-bond acceptors (Lipinski definition) is 4. The third-order valence-corrected chi connectivity index (χ3v) is 4.69. The third-order valence-electron chi connectivity index (χ3n) is 3.69. The van der Waals surface area contributed by atoms with Crippen LogP contribution in [0.3, 0.4) is 0 Å². The number of β-amino-alcohol motifs (C(OH)–C–C–N with tert-alkyl or cyclic N) is 1. The highest BCUT2D eigenvalue weighted by atomic mass is 32.2. The summed E-state index contributed by atoms with van der Waals surface area (Å²) in [6.07, 6.45) is 3.34. The van der Waals surface area contributed by atoms with Crippen LogP contribution in [0.4, 0.5) is 0 Å². The van der Waals surface area contributed by atoms with Gasteiger partial charge in [0.15, 0.2) is 0 Å². The Hall–Kier alpha value is -0.550. The van der Waals surface area contributed by atoms with Crippen molar-refractivity contribution >= 4 is 11.8 Å². The van der Waals surface area contributed by atoms with Gasteiger partial charge in [0.25, 0.3) is 0 Å². The lowest BCUT2D eigenvalue weighted by Crippen LogP contribution is -2.27. The Labute approximate surface area is 113 Å². The quantitative estimate of drug-likeness (QED) is 0.850. The molecule has 0 amide bonds. The zero-order valence-corrected chi connectivity index (χ0v) is 11.7. The summed E-state index contributed by atoms with van der Waals surface area (Å²) in [5, 5.41) is 9.84. The lowest BCUT2D eigenvalue weighted by Gasteiger charge is -2.23. The van der Waals surface area contributed by atoms with E-state index in [0.717, 1.165) is 13.1 Å². The van der Waals surface area contributed by atoms with Crippen LogP contribution in [0.15, 0.2) is 24.3 Å². The molecule has 1 fully saturated rings. The first-order chi connectivity index (χ1) is 8.78. The Bertz CT molecular complexity index is 369. The minimum Gasteiger partial charge on any atom is -0.395 e. The fraction of sp³-hybridized carbons (Fsp3) is 0.571. The Morgan fingerprint density at radius 2 is 2.11 bits per heavy atom. The van der Waals surface area contributed by atoms with E-state index in [1.165, 1.54) is 17.5 Å². The van der Waals surface area contributed by atoms with Crippen LogP contribution in [0, 0.1) is 0 Å². The van der Waals surface area contributed by atoms with Crippen LogP contribution in [0.1, 0.15) is 23.6 Å². The normalized spacial score (nSPS) is 24.6. The summed E-state index contributed by atoms with van der Waals surface area (Å²) in [5.41, 5.74) is 8.14. The number of hydrogen-bond donors (Lipinski definition) is 2. The Morgan fingerprint density at radius 1 is 1.39 bits per heavy atom. The molecule has 0 aliphatic carbocycles. The molecule has 1 saturated heterocycles. The van der Waals surface area contributed by atoms with Gasteiger partial charge in [0.2, 0.25) is 0 Å². The molecule has 18 heavy (non-hydrogen) atoms. The molecule has 0 bridgehead atoms. The molecule has 1 aliphatic rings. The summed E-state index contributed by atoms with van der Waals surface area (Å²) >= 11 is 1.92. The van der Waals surface area contributed by atoms with Crippen molar-refractivity contribution in [2.45, 2.75) is 24.3 Å². The second kappa shape index (κ2) is 6.57. The zero-order valence-electron chi connectivity index (χ0n) is 10.9. The largest absolute Gasteiger partial charge is 0.395 e. The first-order valence-corrected chi connectivity index (χ1v) is 7.74. The molecule has 1 heterocycles. The number of aliphatic hydroxyl groups is 1. The van der Waals surface area contributed by atoms with Crippen molar-refractivity contribution in [3.63, 3.8) is 0 Å². The van der Waals surface area contributed by atoms with E-state index in [9.17, 15) is 0 Å². The molecule has 1 aliphatic heterocycles. The summed E-state index contributed by atoms with van der Waals surface area (Å²) < 4.78 is 0. The molecule has 0 saturated carbocycles. The monoisotopic (exact) mass is 266 g/mol. The Kier molecular flexibility index (Phi) is 5.06. The van der Waals surface area contributed by atoms with Crippen molar-refractivity contribution in [2.75, 3.05) is 26.0 Å². The van der Waals surface area contributed by atoms with Crippen molar-refractivity contribution in [3.8, 4) is 0 Å². The molecule has 2 atom stereocenters. The number of nitrogens with zero attached hydrogens (tertiary/aromatic N) is 1. The Balaban J connectivity index is 2.13. The molecular formula is C14H22N2OS. The Morgan fingerprint density at radius 3 is 2.67 bits per heavy atom. The molecule has 1 aromatic carbocycles. The van der Waals surface area contributed by atoms with Crippen LogP contribution < -0.4 is 5.73 Å². The molecule has 4 heteroatoms. The highest BCUT2D eigenvalue weighted by Gasteiger charge is 2.31. The van der Waals surface area contributed by atoms with Gasteiger partial charge in [-0.2, -0.15) is 11.8 Å². The second-order valence-electron chi connectivity index (χ2n) is 4.77. The number of likely N-dealkylation sites (tertiary alicyclic amines) is 1. The SMILES string of the molecule is CSC1CC(c2ccc(CN)cc2)N(CCO)C1. The smallest absolute Gasteiger partial charge is 0.0558 e. The summed E-state index contributed by atoms with van der Waals surface area (Å²) in [6, 6.07) is 9.03. The molecule has 0 spiro atoms. The molecule has 3 N–H and O–H groups in total. The third kappa shape index (κ3) is 3.06. The van der Waals surface area contributed by atoms with Gasteiger partial charge in [0.1, 0.15) is 0 Å². The highest BCUT2D eigenvalue weighted by molar-refractivity contribution is 7.99. The maximum Gasteiger partial charge on any atom is 0.0558 e. The molecule has 0 radical (unpaired) electrons. The van der Waals surface area contributed by atoms with Crippen molar-refractivity contribution in [3.05, 3.63) is 35.4 Å². The number of thioether (sulfide) groups is 1. The van der Waals surface area contributed by atoms with Crippen LogP contribution in [-0.4, -0.2) is 41.2 Å². The number of aliphatic hydroxyl groups excluding tert-OH is 1. The fourth-order valence-electron chi connectivity index (χ4n) is 2.63. The lowest BCUT2D eigenvalue weighted by atomic mass is 10.0. The van der Waals surface area contributed by atoms with E-state index in [2.05, 4.69) is 35.4 Å². The van der Waals surface area contributed by atoms with E-state index in [0.29, 0.717) is 17.8 Å². The molecule has 1 aromatic rings. The maximum atomic E-state index is 9.17. The standard InChI is InChI=1S/C14H22N2OS/c1-18-13-8-14(16(10-13)6-7-17)12-4-2-11(9-15)3-5-12/h2-5,13-14,17H,6-10,15H2,1H3. The molecule has 2 rings (SSSR count). The van der Waals surface area contributed by atoms with E-state index < -0.39 is 0 Å². The lowest BCUT2D eigenvalue weighted by molar-refractivity contribution is 0.186. The van der Waals surface area contributed by atoms with Gasteiger partial charge >= 0.3 is 0 Å². The van der Waals surface area contributed by atoms with Gasteiger partial charge < -0.3 is 10.8 Å². The van der Waals surface area contributed by atoms with E-state index in [-0.39, 0.29) is 6.61 Å². The molecule has 2 unspecified atom stereocenters. The highest BCUT2D eigenvalue weighted by Crippen LogP contribution is 2.36. The summed E-state index contributed by atoms with van der Waals surface area (Å²) in [4.78, 5) is 2.39. The van der Waals surface area contributed by atoms with E-state index >= 15 is 0 Å². The van der Waals surface area contributed by atoms with Crippen LogP contribution in [0.5, 0.6) is 0 Å². The van der Waals surface area contributed by atoms with E-state index in [1.54, 1.807) is 0 Å². The number of rotatable bonds is 5. The maximum absolute atomic E-state index is 9.17. The van der Waals surface area contributed by atoms with Crippen molar-refractivity contribution in [1.29, 1.82) is 0 Å². The second-order valence-corrected chi connectivity index (χ2v) is 5.91. The molecule has 100 valence electrons. The van der Waals surface area contributed by atoms with Gasteiger partial charge in [-0.25, -0.2) is 0 Å². The van der Waals surface area contributed by atoms with Gasteiger partial charge in [-0.05, 0) is 23.8 Å². The van der Waals surface area contributed by atoms with Crippen LogP contribution in [-0.2, 0) is 6.54 Å². The predicted octanol–water partition coefficient (Wildman–Crippen LogP) is 1.62. The minimum absolute atomic E-state index is 0.235. The summed E-state index contributed by atoms with van der Waals surface area (Å²) in [5.74, 6) is 0. The zero-order chi connectivity index (χ0) is 13.0. The summed E-state index contributed by atoms with van der Waals surface area (Å²) in [6.45, 7) is 2.67. The first kappa shape index (κ1) is 13.9. The molecule has 0 aromatic heterocycles. The van der Waals surface area contributed by atoms with E-state index in [4.69, 9.17) is 10.8 Å². The first-order valence-electron chi connectivity index (χ1n) is 6.45. The number of nitrogens with two attached hydrogens (primary N) is 1. The molecular weight excluding hydrogens is 244 g/mol. The average Bonchev–Trinajstić information content (AvgIpc) is 2.82. The average molecular weight is 266 g/mol. The number of benzene rings is 1. The van der Waals surface area contributed by atoms with Gasteiger partial charge in [-0.1, -0.05) is 24.3 Å². The topological polar surface area (TPSA) is 49.5 Å². The van der Waals surface area contributed by atoms with Crippen molar-refractivity contribution < 1.29 is 5.11 Å². The van der Waals surface area contributed by atoms with Gasteiger partial charge in [-0.15, -0.1) is 0 Å². The van der Waals surface area contributed by atoms with Crippen molar-refractivity contribution in [2.24, 2.45) is 5.73 Å². The van der Waals surface area contributed by atoms with Crippen molar-refractivity contribution in [1.82, 2.24) is 4.90 Å². The van der Waals surface area contributed by atoms with E-state index in [1.807, 2.05) is 11.8 Å². The van der Waals surface area contributed by atoms with Crippen LogP contribution >= 0.6 is 11.8 Å². The molecule has 3 nitrogen and oxygen atoms in total. The van der Waals surface area contributed by atoms with Gasteiger partial charge in [-0.3, -0.25) is 4.90 Å². The van der Waals surface area contributed by atoms with Crippen LogP contribution in [0.2, 0.25) is 0 Å². The minimum atomic E-state index is 0.235. The van der Waals surface area contributed by atoms with Gasteiger partial charge in [0.05, 0.1) is 6.61 Å². The predicted molar refractivity (Wildman–Crippen MR) is 77.7 cm³/mol. The van der Waals surface area contributed by atoms with Crippen LogP contribution in [0.25, 0.3) is 0 Å². The summed E-state index contributed by atoms with van der Waals surface area (Å²) in [7, 11) is 0. The fourth-order valence-corrected chi connectivity index (χ4v) is 3.35.